The first-order valence-electron chi connectivity index (χ1n) is 12.7. The predicted octanol–water partition coefficient (Wildman–Crippen LogP) is 5.06. The number of rotatable bonds is 9. The van der Waals surface area contributed by atoms with Gasteiger partial charge in [-0.05, 0) is 78.1 Å². The number of nitrogens with one attached hydrogen (secondary N) is 2. The van der Waals surface area contributed by atoms with Crippen LogP contribution in [0, 0.1) is 18.6 Å². The van der Waals surface area contributed by atoms with Gasteiger partial charge in [-0.25, -0.2) is 8.78 Å². The van der Waals surface area contributed by atoms with Crippen LogP contribution in [0.25, 0.3) is 22.0 Å². The number of carbonyl (C=O) groups is 1. The lowest BCUT2D eigenvalue weighted by atomic mass is 9.94. The number of aromatic nitrogens is 2. The second kappa shape index (κ2) is 11.3. The minimum Gasteiger partial charge on any atom is -0.508 e. The Morgan fingerprint density at radius 3 is 2.58 bits per heavy atom. The maximum atomic E-state index is 14.1. The van der Waals surface area contributed by atoms with Gasteiger partial charge in [0, 0.05) is 46.9 Å². The van der Waals surface area contributed by atoms with Crippen molar-refractivity contribution in [3.8, 4) is 16.9 Å². The summed E-state index contributed by atoms with van der Waals surface area (Å²) in [5, 5.41) is 25.3. The molecule has 0 aliphatic carbocycles. The van der Waals surface area contributed by atoms with Gasteiger partial charge >= 0.3 is 0 Å². The fourth-order valence-corrected chi connectivity index (χ4v) is 4.97. The normalized spacial score (nSPS) is 12.9. The van der Waals surface area contributed by atoms with Gasteiger partial charge < -0.3 is 20.9 Å². The summed E-state index contributed by atoms with van der Waals surface area (Å²) in [6.45, 7) is 1.80. The van der Waals surface area contributed by atoms with E-state index in [0.29, 0.717) is 27.9 Å². The number of phenolic OH excluding ortho intramolecular Hbond substituents is 1. The monoisotopic (exact) mass is 542 g/mol. The van der Waals surface area contributed by atoms with Crippen LogP contribution in [-0.2, 0) is 12.8 Å². The molecule has 2 aromatic heterocycles. The second-order valence-electron chi connectivity index (χ2n) is 9.80. The molecule has 0 aliphatic rings. The second-order valence-corrected chi connectivity index (χ2v) is 9.80. The van der Waals surface area contributed by atoms with Crippen molar-refractivity contribution >= 4 is 16.8 Å². The fourth-order valence-electron chi connectivity index (χ4n) is 4.97. The number of primary amides is 1. The third-order valence-corrected chi connectivity index (χ3v) is 6.88. The zero-order valence-corrected chi connectivity index (χ0v) is 21.7. The Kier molecular flexibility index (Phi) is 7.59. The van der Waals surface area contributed by atoms with Gasteiger partial charge in [0.1, 0.15) is 23.6 Å². The molecule has 40 heavy (non-hydrogen) atoms. The third kappa shape index (κ3) is 5.85. The molecule has 3 aromatic carbocycles. The molecule has 7 nitrogen and oxygen atoms in total. The molecule has 0 radical (unpaired) electrons. The minimum absolute atomic E-state index is 0.110. The van der Waals surface area contributed by atoms with E-state index in [0.717, 1.165) is 28.1 Å². The number of aryl methyl sites for hydroxylation is 1. The van der Waals surface area contributed by atoms with E-state index in [-0.39, 0.29) is 18.6 Å². The summed E-state index contributed by atoms with van der Waals surface area (Å²) in [4.78, 5) is 19.5. The number of phenols is 1. The number of hydrogen-bond donors (Lipinski definition) is 5. The van der Waals surface area contributed by atoms with Gasteiger partial charge in [-0.1, -0.05) is 18.2 Å². The average molecular weight is 543 g/mol. The van der Waals surface area contributed by atoms with E-state index >= 15 is 0 Å². The highest BCUT2D eigenvalue weighted by molar-refractivity contribution is 5.94. The molecule has 5 rings (SSSR count). The molecule has 9 heteroatoms. The third-order valence-electron chi connectivity index (χ3n) is 6.88. The Morgan fingerprint density at radius 1 is 1.05 bits per heavy atom. The lowest BCUT2D eigenvalue weighted by molar-refractivity contribution is 0.1000. The highest BCUT2D eigenvalue weighted by atomic mass is 19.1. The molecule has 5 aromatic rings. The number of fused-ring (bicyclic) bond motifs is 1. The van der Waals surface area contributed by atoms with E-state index in [9.17, 15) is 23.8 Å². The van der Waals surface area contributed by atoms with Crippen LogP contribution in [0.5, 0.6) is 5.75 Å². The van der Waals surface area contributed by atoms with Crippen molar-refractivity contribution in [2.45, 2.75) is 32.0 Å². The van der Waals surface area contributed by atoms with Gasteiger partial charge in [0.05, 0.1) is 11.7 Å². The quantitative estimate of drug-likeness (QED) is 0.167. The number of carbonyl (C=O) groups excluding carboxylic acids is 1. The molecule has 204 valence electrons. The SMILES string of the molecule is Cc1cc2[nH]cc(CC(O)N[C@@H](Cc3cc(F)cc(F)c3)c3ncccc3-c3cccc(C(N)=O)c3)c2cc1O. The van der Waals surface area contributed by atoms with Gasteiger partial charge in [0.15, 0.2) is 0 Å². The van der Waals surface area contributed by atoms with Crippen LogP contribution in [-0.4, -0.2) is 32.3 Å². The molecule has 1 unspecified atom stereocenters. The summed E-state index contributed by atoms with van der Waals surface area (Å²) in [5.74, 6) is -1.84. The van der Waals surface area contributed by atoms with Crippen LogP contribution in [0.1, 0.15) is 38.8 Å². The first-order chi connectivity index (χ1) is 19.2. The molecule has 0 spiro atoms. The molecule has 2 atom stereocenters. The van der Waals surface area contributed by atoms with E-state index in [4.69, 9.17) is 5.73 Å². The number of aromatic hydroxyl groups is 1. The minimum atomic E-state index is -1.09. The standard InChI is InChI=1S/C31H28F2N4O3/c1-17-8-26-25(15-28(17)38)21(16-36-26)13-29(39)37-27(11-18-9-22(32)14-23(33)10-18)30-24(6-3-7-35-30)19-4-2-5-20(12-19)31(34)40/h2-10,12,14-16,27,29,36-39H,11,13H2,1H3,(H2,34,40)/t27-,29?/m0/s1. The summed E-state index contributed by atoms with van der Waals surface area (Å²) >= 11 is 0. The average Bonchev–Trinajstić information content (AvgIpc) is 3.28. The predicted molar refractivity (Wildman–Crippen MR) is 149 cm³/mol. The van der Waals surface area contributed by atoms with Gasteiger partial charge in [0.25, 0.3) is 0 Å². The molecule has 0 bridgehead atoms. The number of pyridine rings is 1. The number of hydrogen-bond acceptors (Lipinski definition) is 5. The zero-order valence-electron chi connectivity index (χ0n) is 21.7. The van der Waals surface area contributed by atoms with Gasteiger partial charge in [-0.15, -0.1) is 0 Å². The van der Waals surface area contributed by atoms with Crippen LogP contribution >= 0.6 is 0 Å². The number of halogens is 2. The maximum Gasteiger partial charge on any atom is 0.248 e. The Balaban J connectivity index is 1.51. The van der Waals surface area contributed by atoms with Crippen molar-refractivity contribution in [3.63, 3.8) is 0 Å². The molecule has 1 amide bonds. The highest BCUT2D eigenvalue weighted by Crippen LogP contribution is 2.31. The number of amides is 1. The van der Waals surface area contributed by atoms with Gasteiger partial charge in [-0.3, -0.25) is 15.1 Å². The van der Waals surface area contributed by atoms with Crippen LogP contribution in [0.15, 0.2) is 79.1 Å². The molecule has 0 aliphatic heterocycles. The Labute approximate surface area is 229 Å². The summed E-state index contributed by atoms with van der Waals surface area (Å²) in [5.41, 5.74) is 10.4. The van der Waals surface area contributed by atoms with Crippen LogP contribution in [0.3, 0.4) is 0 Å². The number of nitrogens with two attached hydrogens (primary N) is 1. The molecule has 0 saturated heterocycles. The topological polar surface area (TPSA) is 124 Å². The first-order valence-corrected chi connectivity index (χ1v) is 12.7. The van der Waals surface area contributed by atoms with E-state index < -0.39 is 29.8 Å². The number of benzene rings is 3. The Hall–Kier alpha value is -4.60. The van der Waals surface area contributed by atoms with Crippen molar-refractivity contribution in [3.05, 3.63) is 119 Å². The van der Waals surface area contributed by atoms with Crippen LogP contribution in [0.4, 0.5) is 8.78 Å². The maximum absolute atomic E-state index is 14.1. The summed E-state index contributed by atoms with van der Waals surface area (Å²) < 4.78 is 28.2. The molecular weight excluding hydrogens is 514 g/mol. The number of nitrogens with zero attached hydrogens (tertiary/aromatic N) is 1. The van der Waals surface area contributed by atoms with Gasteiger partial charge in [0.2, 0.25) is 5.91 Å². The van der Waals surface area contributed by atoms with Crippen molar-refractivity contribution in [2.75, 3.05) is 0 Å². The molecule has 0 saturated carbocycles. The fraction of sp³-hybridized carbons (Fsp3) is 0.161. The molecule has 0 fully saturated rings. The van der Waals surface area contributed by atoms with Crippen molar-refractivity contribution < 1.29 is 23.8 Å². The summed E-state index contributed by atoms with van der Waals surface area (Å²) in [6.07, 6.45) is 2.56. The number of aliphatic hydroxyl groups is 1. The van der Waals surface area contributed by atoms with Crippen LogP contribution < -0.4 is 11.1 Å². The lowest BCUT2D eigenvalue weighted by Gasteiger charge is -2.25. The van der Waals surface area contributed by atoms with E-state index in [1.54, 1.807) is 49.6 Å². The number of aliphatic hydroxyl groups excluding tert-OH is 1. The highest BCUT2D eigenvalue weighted by Gasteiger charge is 2.23. The molecule has 6 N–H and O–H groups in total. The Morgan fingerprint density at radius 2 is 1.82 bits per heavy atom. The van der Waals surface area contributed by atoms with Gasteiger partial charge in [-0.2, -0.15) is 0 Å². The first kappa shape index (κ1) is 27.0. The molecule has 2 heterocycles. The number of aromatic amines is 1. The van der Waals surface area contributed by atoms with Crippen molar-refractivity contribution in [1.82, 2.24) is 15.3 Å². The number of H-pyrrole nitrogens is 1. The Bertz CT molecular complexity index is 1680. The summed E-state index contributed by atoms with van der Waals surface area (Å²) in [6, 6.07) is 16.4. The summed E-state index contributed by atoms with van der Waals surface area (Å²) in [7, 11) is 0. The van der Waals surface area contributed by atoms with Crippen molar-refractivity contribution in [2.24, 2.45) is 5.73 Å². The lowest BCUT2D eigenvalue weighted by Crippen LogP contribution is -2.36. The van der Waals surface area contributed by atoms with E-state index in [1.165, 1.54) is 12.1 Å². The largest absolute Gasteiger partial charge is 0.508 e. The van der Waals surface area contributed by atoms with E-state index in [2.05, 4.69) is 15.3 Å². The van der Waals surface area contributed by atoms with E-state index in [1.807, 2.05) is 18.2 Å². The van der Waals surface area contributed by atoms with Crippen molar-refractivity contribution in [1.29, 1.82) is 0 Å². The molecular formula is C31H28F2N4O3. The smallest absolute Gasteiger partial charge is 0.248 e. The zero-order chi connectivity index (χ0) is 28.4. The van der Waals surface area contributed by atoms with Crippen LogP contribution in [0.2, 0.25) is 0 Å².